The van der Waals surface area contributed by atoms with Crippen LogP contribution in [-0.2, 0) is 4.79 Å². The summed E-state index contributed by atoms with van der Waals surface area (Å²) in [6, 6.07) is 7.63. The first-order valence-corrected chi connectivity index (χ1v) is 7.79. The maximum Gasteiger partial charge on any atom is 0.244 e. The van der Waals surface area contributed by atoms with Crippen molar-refractivity contribution in [2.24, 2.45) is 5.92 Å². The normalized spacial score (nSPS) is 12.3. The van der Waals surface area contributed by atoms with Crippen molar-refractivity contribution < 1.29 is 9.53 Å². The van der Waals surface area contributed by atoms with Gasteiger partial charge >= 0.3 is 0 Å². The minimum Gasteiger partial charge on any atom is -0.497 e. The second-order valence-corrected chi connectivity index (χ2v) is 5.27. The summed E-state index contributed by atoms with van der Waals surface area (Å²) in [7, 11) is 1.64. The molecule has 0 heterocycles. The smallest absolute Gasteiger partial charge is 0.244 e. The molecule has 0 unspecified atom stereocenters. The van der Waals surface area contributed by atoms with Crippen molar-refractivity contribution in [3.8, 4) is 5.75 Å². The minimum atomic E-state index is -0.0271. The van der Waals surface area contributed by atoms with Gasteiger partial charge in [0.1, 0.15) is 5.75 Å². The number of hydrogen-bond donors (Lipinski definition) is 1. The average molecular weight is 289 g/mol. The molecule has 1 N–H and O–H groups in total. The fourth-order valence-electron chi connectivity index (χ4n) is 2.13. The van der Waals surface area contributed by atoms with Crippen LogP contribution < -0.4 is 10.1 Å². The summed E-state index contributed by atoms with van der Waals surface area (Å²) in [6.07, 6.45) is 8.16. The van der Waals surface area contributed by atoms with Gasteiger partial charge in [-0.15, -0.1) is 0 Å². The predicted octanol–water partition coefficient (Wildman–Crippen LogP) is 4.04. The number of hydrogen-bond acceptors (Lipinski definition) is 2. The van der Waals surface area contributed by atoms with Crippen LogP contribution in [0.25, 0.3) is 6.08 Å². The van der Waals surface area contributed by atoms with E-state index in [1.54, 1.807) is 13.2 Å². The van der Waals surface area contributed by atoms with Crippen molar-refractivity contribution in [1.82, 2.24) is 5.32 Å². The van der Waals surface area contributed by atoms with Crippen LogP contribution in [0.3, 0.4) is 0 Å². The molecule has 0 spiro atoms. The Morgan fingerprint density at radius 3 is 2.57 bits per heavy atom. The Morgan fingerprint density at radius 1 is 1.29 bits per heavy atom. The summed E-state index contributed by atoms with van der Waals surface area (Å²) in [5.74, 6) is 1.38. The molecular formula is C18H27NO2. The van der Waals surface area contributed by atoms with Crippen LogP contribution in [0.2, 0.25) is 0 Å². The third kappa shape index (κ3) is 6.98. The molecule has 1 aromatic carbocycles. The zero-order valence-corrected chi connectivity index (χ0v) is 13.4. The lowest BCUT2D eigenvalue weighted by Gasteiger charge is -2.14. The van der Waals surface area contributed by atoms with Crippen LogP contribution in [0, 0.1) is 5.92 Å². The standard InChI is InChI=1S/C18H27NO2/c1-4-6-7-15(5-2)14-19-18(20)13-10-16-8-11-17(21-3)12-9-16/h8-13,15H,4-7,14H2,1-3H3,(H,19,20)/b13-10-/t15-/m1/s1. The molecule has 0 aliphatic carbocycles. The van der Waals surface area contributed by atoms with E-state index in [4.69, 9.17) is 4.74 Å². The molecule has 0 aliphatic heterocycles. The van der Waals surface area contributed by atoms with Gasteiger partial charge in [0.25, 0.3) is 0 Å². The van der Waals surface area contributed by atoms with E-state index in [9.17, 15) is 4.79 Å². The lowest BCUT2D eigenvalue weighted by atomic mass is 9.99. The fraction of sp³-hybridized carbons (Fsp3) is 0.500. The first-order chi connectivity index (χ1) is 10.2. The average Bonchev–Trinajstić information content (AvgIpc) is 2.53. The minimum absolute atomic E-state index is 0.0271. The molecule has 0 saturated carbocycles. The van der Waals surface area contributed by atoms with Crippen LogP contribution in [-0.4, -0.2) is 19.6 Å². The number of methoxy groups -OCH3 is 1. The molecule has 21 heavy (non-hydrogen) atoms. The monoisotopic (exact) mass is 289 g/mol. The number of amides is 1. The molecule has 1 rings (SSSR count). The van der Waals surface area contributed by atoms with Gasteiger partial charge in [0.05, 0.1) is 7.11 Å². The zero-order chi connectivity index (χ0) is 15.5. The fourth-order valence-corrected chi connectivity index (χ4v) is 2.13. The quantitative estimate of drug-likeness (QED) is 0.697. The number of nitrogens with one attached hydrogen (secondary N) is 1. The number of rotatable bonds is 9. The lowest BCUT2D eigenvalue weighted by molar-refractivity contribution is -0.116. The molecule has 0 radical (unpaired) electrons. The molecular weight excluding hydrogens is 262 g/mol. The summed E-state index contributed by atoms with van der Waals surface area (Å²) in [5, 5.41) is 2.98. The topological polar surface area (TPSA) is 38.3 Å². The van der Waals surface area contributed by atoms with E-state index in [0.29, 0.717) is 5.92 Å². The summed E-state index contributed by atoms with van der Waals surface area (Å²) < 4.78 is 5.10. The number of carbonyl (C=O) groups is 1. The van der Waals surface area contributed by atoms with Crippen molar-refractivity contribution in [3.05, 3.63) is 35.9 Å². The number of carbonyl (C=O) groups excluding carboxylic acids is 1. The van der Waals surface area contributed by atoms with Crippen molar-refractivity contribution >= 4 is 12.0 Å². The first-order valence-electron chi connectivity index (χ1n) is 7.79. The third-order valence-corrected chi connectivity index (χ3v) is 3.65. The van der Waals surface area contributed by atoms with E-state index in [1.807, 2.05) is 30.3 Å². The number of ether oxygens (including phenoxy) is 1. The Labute approximate surface area is 128 Å². The van der Waals surface area contributed by atoms with E-state index in [2.05, 4.69) is 19.2 Å². The van der Waals surface area contributed by atoms with Gasteiger partial charge in [-0.05, 0) is 36.1 Å². The molecule has 116 valence electrons. The van der Waals surface area contributed by atoms with E-state index >= 15 is 0 Å². The Bertz CT molecular complexity index is 437. The van der Waals surface area contributed by atoms with Crippen molar-refractivity contribution in [3.63, 3.8) is 0 Å². The molecule has 0 aromatic heterocycles. The predicted molar refractivity (Wildman–Crippen MR) is 88.3 cm³/mol. The second-order valence-electron chi connectivity index (χ2n) is 5.27. The molecule has 0 saturated heterocycles. The van der Waals surface area contributed by atoms with Crippen LogP contribution in [0.5, 0.6) is 5.75 Å². The largest absolute Gasteiger partial charge is 0.497 e. The Hall–Kier alpha value is -1.77. The van der Waals surface area contributed by atoms with E-state index < -0.39 is 0 Å². The summed E-state index contributed by atoms with van der Waals surface area (Å²) in [5.41, 5.74) is 0.990. The van der Waals surface area contributed by atoms with Gasteiger partial charge in [-0.25, -0.2) is 0 Å². The molecule has 1 amide bonds. The van der Waals surface area contributed by atoms with Crippen molar-refractivity contribution in [2.45, 2.75) is 39.5 Å². The maximum absolute atomic E-state index is 11.8. The highest BCUT2D eigenvalue weighted by atomic mass is 16.5. The molecule has 0 bridgehead atoms. The van der Waals surface area contributed by atoms with Crippen LogP contribution in [0.1, 0.15) is 45.1 Å². The van der Waals surface area contributed by atoms with Crippen LogP contribution in [0.4, 0.5) is 0 Å². The van der Waals surface area contributed by atoms with E-state index in [1.165, 1.54) is 19.3 Å². The number of unbranched alkanes of at least 4 members (excludes halogenated alkanes) is 1. The van der Waals surface area contributed by atoms with Crippen LogP contribution in [0.15, 0.2) is 30.3 Å². The Morgan fingerprint density at radius 2 is 2.00 bits per heavy atom. The van der Waals surface area contributed by atoms with Gasteiger partial charge in [0.15, 0.2) is 0 Å². The maximum atomic E-state index is 11.8. The molecule has 3 nitrogen and oxygen atoms in total. The van der Waals surface area contributed by atoms with E-state index in [0.717, 1.165) is 24.3 Å². The third-order valence-electron chi connectivity index (χ3n) is 3.65. The van der Waals surface area contributed by atoms with Gasteiger partial charge < -0.3 is 10.1 Å². The molecule has 1 atom stereocenters. The summed E-state index contributed by atoms with van der Waals surface area (Å²) in [4.78, 5) is 11.8. The van der Waals surface area contributed by atoms with E-state index in [-0.39, 0.29) is 5.91 Å². The SMILES string of the molecule is CCCC[C@@H](CC)CNC(=O)/C=C\c1ccc(OC)cc1. The zero-order valence-electron chi connectivity index (χ0n) is 13.4. The molecule has 1 aromatic rings. The highest BCUT2D eigenvalue weighted by Crippen LogP contribution is 2.13. The first kappa shape index (κ1) is 17.3. The van der Waals surface area contributed by atoms with Gasteiger partial charge in [-0.2, -0.15) is 0 Å². The summed E-state index contributed by atoms with van der Waals surface area (Å²) >= 11 is 0. The Kier molecular flexibility index (Phi) is 8.25. The van der Waals surface area contributed by atoms with Crippen molar-refractivity contribution in [2.75, 3.05) is 13.7 Å². The molecule has 3 heteroatoms. The van der Waals surface area contributed by atoms with Gasteiger partial charge in [0.2, 0.25) is 5.91 Å². The van der Waals surface area contributed by atoms with Gasteiger partial charge in [0, 0.05) is 12.6 Å². The highest BCUT2D eigenvalue weighted by Gasteiger charge is 2.06. The van der Waals surface area contributed by atoms with Gasteiger partial charge in [-0.3, -0.25) is 4.79 Å². The second kappa shape index (κ2) is 10.0. The number of benzene rings is 1. The summed E-state index contributed by atoms with van der Waals surface area (Å²) in [6.45, 7) is 5.14. The van der Waals surface area contributed by atoms with Crippen LogP contribution >= 0.6 is 0 Å². The Balaban J connectivity index is 2.39. The highest BCUT2D eigenvalue weighted by molar-refractivity contribution is 5.91. The molecule has 0 fully saturated rings. The van der Waals surface area contributed by atoms with Crippen molar-refractivity contribution in [1.29, 1.82) is 0 Å². The molecule has 0 aliphatic rings. The lowest BCUT2D eigenvalue weighted by Crippen LogP contribution is -2.27. The van der Waals surface area contributed by atoms with Gasteiger partial charge in [-0.1, -0.05) is 45.2 Å².